The first-order chi connectivity index (χ1) is 7.57. The van der Waals surface area contributed by atoms with E-state index in [-0.39, 0.29) is 5.91 Å². The van der Waals surface area contributed by atoms with E-state index in [4.69, 9.17) is 5.11 Å². The Balaban J connectivity index is 2.59. The molecule has 1 heterocycles. The topological polar surface area (TPSA) is 57.6 Å². The summed E-state index contributed by atoms with van der Waals surface area (Å²) in [5, 5.41) is 8.97. The summed E-state index contributed by atoms with van der Waals surface area (Å²) in [5.41, 5.74) is 0.537. The first kappa shape index (κ1) is 12.7. The van der Waals surface area contributed by atoms with Crippen LogP contribution in [0, 0.1) is 0 Å². The fourth-order valence-electron chi connectivity index (χ4n) is 1.97. The summed E-state index contributed by atoms with van der Waals surface area (Å²) in [7, 11) is 0. The largest absolute Gasteiger partial charge is 0.480 e. The third-order valence-electron chi connectivity index (χ3n) is 2.93. The molecule has 0 spiro atoms. The van der Waals surface area contributed by atoms with E-state index in [1.165, 1.54) is 4.90 Å². The highest BCUT2D eigenvalue weighted by atomic mass is 16.4. The van der Waals surface area contributed by atoms with Crippen LogP contribution < -0.4 is 0 Å². The minimum atomic E-state index is -0.908. The SMILES string of the molecule is C=C(CCCC)C(=O)N1CCC[C@H]1C(=O)O. The molecular formula is C12H19NO3. The van der Waals surface area contributed by atoms with Crippen molar-refractivity contribution in [3.8, 4) is 0 Å². The minimum absolute atomic E-state index is 0.182. The maximum Gasteiger partial charge on any atom is 0.326 e. The van der Waals surface area contributed by atoms with Gasteiger partial charge in [-0.05, 0) is 25.7 Å². The van der Waals surface area contributed by atoms with E-state index in [9.17, 15) is 9.59 Å². The highest BCUT2D eigenvalue weighted by Crippen LogP contribution is 2.21. The lowest BCUT2D eigenvalue weighted by Crippen LogP contribution is -2.40. The molecule has 0 unspecified atom stereocenters. The monoisotopic (exact) mass is 225 g/mol. The van der Waals surface area contributed by atoms with Crippen LogP contribution in [-0.2, 0) is 9.59 Å². The van der Waals surface area contributed by atoms with Crippen LogP contribution in [0.25, 0.3) is 0 Å². The number of carbonyl (C=O) groups is 2. The predicted octanol–water partition coefficient (Wildman–Crippen LogP) is 1.81. The standard InChI is InChI=1S/C12H19NO3/c1-3-4-6-9(2)11(14)13-8-5-7-10(13)12(15)16/h10H,2-8H2,1H3,(H,15,16)/t10-/m0/s1. The van der Waals surface area contributed by atoms with Crippen LogP contribution in [0.1, 0.15) is 39.0 Å². The van der Waals surface area contributed by atoms with Crippen molar-refractivity contribution < 1.29 is 14.7 Å². The van der Waals surface area contributed by atoms with E-state index in [1.54, 1.807) is 0 Å². The fraction of sp³-hybridized carbons (Fsp3) is 0.667. The molecule has 0 aromatic carbocycles. The molecule has 0 bridgehead atoms. The average molecular weight is 225 g/mol. The summed E-state index contributed by atoms with van der Waals surface area (Å²) >= 11 is 0. The van der Waals surface area contributed by atoms with E-state index >= 15 is 0 Å². The molecule has 1 N–H and O–H groups in total. The van der Waals surface area contributed by atoms with Crippen LogP contribution in [0.15, 0.2) is 12.2 Å². The summed E-state index contributed by atoms with van der Waals surface area (Å²) in [4.78, 5) is 24.3. The van der Waals surface area contributed by atoms with Gasteiger partial charge in [-0.2, -0.15) is 0 Å². The second-order valence-corrected chi connectivity index (χ2v) is 4.20. The lowest BCUT2D eigenvalue weighted by Gasteiger charge is -2.22. The van der Waals surface area contributed by atoms with Crippen LogP contribution in [0.4, 0.5) is 0 Å². The zero-order valence-corrected chi connectivity index (χ0v) is 9.74. The van der Waals surface area contributed by atoms with E-state index < -0.39 is 12.0 Å². The Kier molecular flexibility index (Phi) is 4.52. The van der Waals surface area contributed by atoms with Gasteiger partial charge in [0, 0.05) is 12.1 Å². The number of carboxylic acids is 1. The number of rotatable bonds is 5. The Bertz CT molecular complexity index is 299. The average Bonchev–Trinajstić information content (AvgIpc) is 2.73. The molecule has 1 aliphatic rings. The number of hydrogen-bond donors (Lipinski definition) is 1. The van der Waals surface area contributed by atoms with Crippen molar-refractivity contribution in [2.75, 3.05) is 6.54 Å². The Morgan fingerprint density at radius 2 is 2.19 bits per heavy atom. The van der Waals surface area contributed by atoms with Crippen molar-refractivity contribution in [1.82, 2.24) is 4.90 Å². The van der Waals surface area contributed by atoms with E-state index in [1.807, 2.05) is 6.92 Å². The van der Waals surface area contributed by atoms with Crippen LogP contribution in [0.3, 0.4) is 0 Å². The van der Waals surface area contributed by atoms with Gasteiger partial charge in [-0.3, -0.25) is 4.79 Å². The van der Waals surface area contributed by atoms with E-state index in [0.29, 0.717) is 25.0 Å². The predicted molar refractivity (Wildman–Crippen MR) is 61.0 cm³/mol. The lowest BCUT2D eigenvalue weighted by atomic mass is 10.1. The highest BCUT2D eigenvalue weighted by Gasteiger charge is 2.34. The summed E-state index contributed by atoms with van der Waals surface area (Å²) in [6.07, 6.45) is 3.93. The number of carboxylic acid groups (broad SMARTS) is 1. The second kappa shape index (κ2) is 5.68. The molecule has 1 aliphatic heterocycles. The Morgan fingerprint density at radius 3 is 2.75 bits per heavy atom. The van der Waals surface area contributed by atoms with Crippen molar-refractivity contribution in [2.45, 2.75) is 45.1 Å². The van der Waals surface area contributed by atoms with Crippen molar-refractivity contribution >= 4 is 11.9 Å². The second-order valence-electron chi connectivity index (χ2n) is 4.20. The lowest BCUT2D eigenvalue weighted by molar-refractivity contribution is -0.146. The van der Waals surface area contributed by atoms with Crippen LogP contribution in [-0.4, -0.2) is 34.5 Å². The van der Waals surface area contributed by atoms with Gasteiger partial charge >= 0.3 is 5.97 Å². The maximum absolute atomic E-state index is 11.9. The molecule has 4 heteroatoms. The van der Waals surface area contributed by atoms with Crippen molar-refractivity contribution in [1.29, 1.82) is 0 Å². The maximum atomic E-state index is 11.9. The van der Waals surface area contributed by atoms with Gasteiger partial charge in [0.25, 0.3) is 0 Å². The summed E-state index contributed by atoms with van der Waals surface area (Å²) in [6.45, 7) is 6.34. The molecule has 1 amide bonds. The quantitative estimate of drug-likeness (QED) is 0.726. The van der Waals surface area contributed by atoms with Crippen LogP contribution in [0.5, 0.6) is 0 Å². The highest BCUT2D eigenvalue weighted by molar-refractivity contribution is 5.95. The van der Waals surface area contributed by atoms with Gasteiger partial charge in [-0.1, -0.05) is 19.9 Å². The molecule has 0 aromatic heterocycles. The van der Waals surface area contributed by atoms with Crippen LogP contribution >= 0.6 is 0 Å². The zero-order chi connectivity index (χ0) is 12.1. The summed E-state index contributed by atoms with van der Waals surface area (Å²) < 4.78 is 0. The van der Waals surface area contributed by atoms with Crippen molar-refractivity contribution in [2.24, 2.45) is 0 Å². The minimum Gasteiger partial charge on any atom is -0.480 e. The number of amides is 1. The van der Waals surface area contributed by atoms with Crippen molar-refractivity contribution in [3.05, 3.63) is 12.2 Å². The van der Waals surface area contributed by atoms with E-state index in [2.05, 4.69) is 6.58 Å². The molecule has 1 rings (SSSR count). The third kappa shape index (κ3) is 2.84. The van der Waals surface area contributed by atoms with Gasteiger partial charge in [-0.25, -0.2) is 4.79 Å². The normalized spacial score (nSPS) is 19.8. The Hall–Kier alpha value is -1.32. The molecular weight excluding hydrogens is 206 g/mol. The molecule has 16 heavy (non-hydrogen) atoms. The van der Waals surface area contributed by atoms with Gasteiger partial charge in [0.2, 0.25) is 5.91 Å². The summed E-state index contributed by atoms with van der Waals surface area (Å²) in [6, 6.07) is -0.647. The first-order valence-electron chi connectivity index (χ1n) is 5.79. The smallest absolute Gasteiger partial charge is 0.326 e. The molecule has 0 radical (unpaired) electrons. The molecule has 1 saturated heterocycles. The molecule has 4 nitrogen and oxygen atoms in total. The zero-order valence-electron chi connectivity index (χ0n) is 9.74. The molecule has 1 fully saturated rings. The number of nitrogens with zero attached hydrogens (tertiary/aromatic N) is 1. The Morgan fingerprint density at radius 1 is 1.50 bits per heavy atom. The van der Waals surface area contributed by atoms with Gasteiger partial charge < -0.3 is 10.0 Å². The molecule has 90 valence electrons. The molecule has 0 aliphatic carbocycles. The summed E-state index contributed by atoms with van der Waals surface area (Å²) in [5.74, 6) is -1.09. The Labute approximate surface area is 95.9 Å². The number of aliphatic carboxylic acids is 1. The number of likely N-dealkylation sites (tertiary alicyclic amines) is 1. The fourth-order valence-corrected chi connectivity index (χ4v) is 1.97. The van der Waals surface area contributed by atoms with Gasteiger partial charge in [0.15, 0.2) is 0 Å². The van der Waals surface area contributed by atoms with Gasteiger partial charge in [0.05, 0.1) is 0 Å². The first-order valence-corrected chi connectivity index (χ1v) is 5.79. The molecule has 0 saturated carbocycles. The van der Waals surface area contributed by atoms with Gasteiger partial charge in [0.1, 0.15) is 6.04 Å². The van der Waals surface area contributed by atoms with Crippen LogP contribution in [0.2, 0.25) is 0 Å². The number of hydrogen-bond acceptors (Lipinski definition) is 2. The number of unbranched alkanes of at least 4 members (excludes halogenated alkanes) is 1. The number of carbonyl (C=O) groups excluding carboxylic acids is 1. The van der Waals surface area contributed by atoms with E-state index in [0.717, 1.165) is 19.3 Å². The molecule has 1 atom stereocenters. The molecule has 0 aromatic rings. The van der Waals surface area contributed by atoms with Gasteiger partial charge in [-0.15, -0.1) is 0 Å². The van der Waals surface area contributed by atoms with Crippen molar-refractivity contribution in [3.63, 3.8) is 0 Å². The third-order valence-corrected chi connectivity index (χ3v) is 2.93.